The molecule has 0 bridgehead atoms. The molecular formula is C18H19N3OS. The highest BCUT2D eigenvalue weighted by molar-refractivity contribution is 7.13. The van der Waals surface area contributed by atoms with Crippen molar-refractivity contribution >= 4 is 22.7 Å². The van der Waals surface area contributed by atoms with Crippen molar-refractivity contribution in [1.82, 2.24) is 4.98 Å². The molecule has 0 radical (unpaired) electrons. The number of hydrogen-bond donors (Lipinski definition) is 1. The smallest absolute Gasteiger partial charge is 0.236 e. The predicted molar refractivity (Wildman–Crippen MR) is 94.8 cm³/mol. The molecule has 0 fully saturated rings. The highest BCUT2D eigenvalue weighted by Crippen LogP contribution is 2.33. The van der Waals surface area contributed by atoms with E-state index in [1.54, 1.807) is 11.3 Å². The molecule has 0 amide bonds. The third kappa shape index (κ3) is 2.61. The predicted octanol–water partition coefficient (Wildman–Crippen LogP) is 4.25. The van der Waals surface area contributed by atoms with Gasteiger partial charge in [-0.05, 0) is 48.9 Å². The van der Waals surface area contributed by atoms with Gasteiger partial charge in [-0.25, -0.2) is 4.98 Å². The van der Waals surface area contributed by atoms with E-state index in [4.69, 9.17) is 15.1 Å². The molecule has 0 unspecified atom stereocenters. The number of benzene rings is 1. The van der Waals surface area contributed by atoms with Crippen molar-refractivity contribution in [2.24, 2.45) is 0 Å². The van der Waals surface area contributed by atoms with Crippen LogP contribution < -0.4 is 10.6 Å². The molecule has 3 aromatic rings. The first-order chi connectivity index (χ1) is 11.2. The number of fused-ring (bicyclic) bond motifs is 1. The molecule has 0 saturated carbocycles. The molecule has 4 nitrogen and oxygen atoms in total. The van der Waals surface area contributed by atoms with E-state index >= 15 is 0 Å². The van der Waals surface area contributed by atoms with Crippen LogP contribution in [0.1, 0.15) is 23.4 Å². The summed E-state index contributed by atoms with van der Waals surface area (Å²) in [6.45, 7) is 3.78. The average Bonchev–Trinajstić information content (AvgIpc) is 3.19. The van der Waals surface area contributed by atoms with Gasteiger partial charge in [0.05, 0.1) is 11.4 Å². The molecule has 3 heterocycles. The molecule has 0 atom stereocenters. The van der Waals surface area contributed by atoms with Crippen LogP contribution in [0.4, 0.5) is 11.4 Å². The van der Waals surface area contributed by atoms with Crippen molar-refractivity contribution in [3.05, 3.63) is 52.7 Å². The summed E-state index contributed by atoms with van der Waals surface area (Å²) in [5.74, 6) is 1.61. The molecule has 118 valence electrons. The van der Waals surface area contributed by atoms with E-state index in [-0.39, 0.29) is 0 Å². The van der Waals surface area contributed by atoms with Gasteiger partial charge in [0.15, 0.2) is 0 Å². The molecule has 4 rings (SSSR count). The third-order valence-corrected chi connectivity index (χ3v) is 5.21. The number of oxazole rings is 1. The van der Waals surface area contributed by atoms with Gasteiger partial charge in [-0.15, -0.1) is 11.3 Å². The van der Waals surface area contributed by atoms with Crippen LogP contribution in [0.2, 0.25) is 0 Å². The van der Waals surface area contributed by atoms with E-state index in [9.17, 15) is 0 Å². The first-order valence-corrected chi connectivity index (χ1v) is 8.73. The Morgan fingerprint density at radius 2 is 2.22 bits per heavy atom. The minimum absolute atomic E-state index is 0.720. The number of aryl methyl sites for hydroxylation is 1. The summed E-state index contributed by atoms with van der Waals surface area (Å²) in [4.78, 5) is 8.14. The maximum atomic E-state index is 6.14. The summed E-state index contributed by atoms with van der Waals surface area (Å²) in [5.41, 5.74) is 10.5. The Hall–Kier alpha value is -2.27. The lowest BCUT2D eigenvalue weighted by Gasteiger charge is -2.31. The van der Waals surface area contributed by atoms with Gasteiger partial charge in [-0.1, -0.05) is 12.1 Å². The van der Waals surface area contributed by atoms with Crippen LogP contribution in [-0.4, -0.2) is 11.5 Å². The third-order valence-electron chi connectivity index (χ3n) is 4.35. The van der Waals surface area contributed by atoms with Crippen LogP contribution in [-0.2, 0) is 13.0 Å². The lowest BCUT2D eigenvalue weighted by molar-refractivity contribution is 0.539. The van der Waals surface area contributed by atoms with Crippen LogP contribution in [0.3, 0.4) is 0 Å². The van der Waals surface area contributed by atoms with Gasteiger partial charge in [0.2, 0.25) is 5.89 Å². The second kappa shape index (κ2) is 5.74. The number of hydrogen-bond acceptors (Lipinski definition) is 5. The number of nitrogens with zero attached hydrogens (tertiary/aromatic N) is 2. The number of thiophene rings is 1. The van der Waals surface area contributed by atoms with Gasteiger partial charge < -0.3 is 15.1 Å². The Kier molecular flexibility index (Phi) is 3.58. The maximum absolute atomic E-state index is 6.14. The van der Waals surface area contributed by atoms with E-state index in [0.29, 0.717) is 0 Å². The lowest BCUT2D eigenvalue weighted by atomic mass is 9.99. The van der Waals surface area contributed by atoms with E-state index in [1.165, 1.54) is 11.3 Å². The number of rotatable bonds is 3. The molecule has 1 aromatic carbocycles. The summed E-state index contributed by atoms with van der Waals surface area (Å²) in [7, 11) is 0. The number of nitrogens with two attached hydrogens (primary N) is 1. The zero-order valence-electron chi connectivity index (χ0n) is 13.1. The van der Waals surface area contributed by atoms with Gasteiger partial charge >= 0.3 is 0 Å². The summed E-state index contributed by atoms with van der Waals surface area (Å²) in [5, 5.41) is 2.04. The maximum Gasteiger partial charge on any atom is 0.236 e. The molecule has 0 aliphatic carbocycles. The van der Waals surface area contributed by atoms with E-state index < -0.39 is 0 Å². The first kappa shape index (κ1) is 14.3. The van der Waals surface area contributed by atoms with Gasteiger partial charge in [-0.3, -0.25) is 0 Å². The average molecular weight is 325 g/mol. The number of nitrogen functional groups attached to an aromatic ring is 1. The van der Waals surface area contributed by atoms with Gasteiger partial charge in [0.25, 0.3) is 0 Å². The molecule has 23 heavy (non-hydrogen) atoms. The molecule has 0 spiro atoms. The standard InChI is InChI=1S/C18H19N3OS/c1-12-15(20-18(22-12)17-8-4-10-23-17)11-21-9-3-5-13-14(19)6-2-7-16(13)21/h2,4,6-8,10H,3,5,9,11,19H2,1H3. The fraction of sp³-hybridized carbons (Fsp3) is 0.278. The Labute approximate surface area is 139 Å². The molecular weight excluding hydrogens is 306 g/mol. The minimum atomic E-state index is 0.720. The van der Waals surface area contributed by atoms with Crippen molar-refractivity contribution in [1.29, 1.82) is 0 Å². The van der Waals surface area contributed by atoms with Crippen LogP contribution in [0, 0.1) is 6.92 Å². The quantitative estimate of drug-likeness (QED) is 0.732. The number of aromatic nitrogens is 1. The van der Waals surface area contributed by atoms with E-state index in [1.807, 2.05) is 36.6 Å². The SMILES string of the molecule is Cc1oc(-c2cccs2)nc1CN1CCCc2c(N)cccc21. The zero-order valence-corrected chi connectivity index (χ0v) is 13.9. The normalized spacial score (nSPS) is 14.0. The van der Waals surface area contributed by atoms with Gasteiger partial charge in [0.1, 0.15) is 11.5 Å². The van der Waals surface area contributed by atoms with Crippen LogP contribution in [0.15, 0.2) is 40.1 Å². The first-order valence-electron chi connectivity index (χ1n) is 7.85. The summed E-state index contributed by atoms with van der Waals surface area (Å²) in [6.07, 6.45) is 2.17. The molecule has 5 heteroatoms. The van der Waals surface area contributed by atoms with Crippen molar-refractivity contribution in [3.8, 4) is 10.8 Å². The Balaban J connectivity index is 1.64. The molecule has 2 aromatic heterocycles. The van der Waals surface area contributed by atoms with Crippen molar-refractivity contribution < 1.29 is 4.42 Å². The van der Waals surface area contributed by atoms with Crippen LogP contribution in [0.5, 0.6) is 0 Å². The number of anilines is 2. The van der Waals surface area contributed by atoms with Gasteiger partial charge in [0, 0.05) is 17.9 Å². The molecule has 1 aliphatic rings. The van der Waals surface area contributed by atoms with E-state index in [2.05, 4.69) is 11.0 Å². The lowest BCUT2D eigenvalue weighted by Crippen LogP contribution is -2.29. The molecule has 0 saturated heterocycles. The molecule has 2 N–H and O–H groups in total. The highest BCUT2D eigenvalue weighted by Gasteiger charge is 2.21. The van der Waals surface area contributed by atoms with Crippen LogP contribution in [0.25, 0.3) is 10.8 Å². The highest BCUT2D eigenvalue weighted by atomic mass is 32.1. The van der Waals surface area contributed by atoms with Gasteiger partial charge in [-0.2, -0.15) is 0 Å². The van der Waals surface area contributed by atoms with Crippen molar-refractivity contribution in [2.45, 2.75) is 26.3 Å². The topological polar surface area (TPSA) is 55.3 Å². The monoisotopic (exact) mass is 325 g/mol. The fourth-order valence-electron chi connectivity index (χ4n) is 3.15. The van der Waals surface area contributed by atoms with Crippen molar-refractivity contribution in [2.75, 3.05) is 17.2 Å². The fourth-order valence-corrected chi connectivity index (χ4v) is 3.80. The second-order valence-corrected chi connectivity index (χ2v) is 6.82. The Morgan fingerprint density at radius 1 is 1.30 bits per heavy atom. The van der Waals surface area contributed by atoms with Crippen LogP contribution >= 0.6 is 11.3 Å². The minimum Gasteiger partial charge on any atom is -0.440 e. The molecule has 1 aliphatic heterocycles. The van der Waals surface area contributed by atoms with E-state index in [0.717, 1.165) is 53.8 Å². The largest absolute Gasteiger partial charge is 0.440 e. The summed E-state index contributed by atoms with van der Waals surface area (Å²) < 4.78 is 5.86. The Bertz CT molecular complexity index is 823. The zero-order chi connectivity index (χ0) is 15.8. The van der Waals surface area contributed by atoms with Crippen molar-refractivity contribution in [3.63, 3.8) is 0 Å². The second-order valence-electron chi connectivity index (χ2n) is 5.87. The summed E-state index contributed by atoms with van der Waals surface area (Å²) >= 11 is 1.65. The Morgan fingerprint density at radius 3 is 3.04 bits per heavy atom. The summed E-state index contributed by atoms with van der Waals surface area (Å²) in [6, 6.07) is 10.2.